The number of hydrogen-bond donors (Lipinski definition) is 1. The summed E-state index contributed by atoms with van der Waals surface area (Å²) in [6.07, 6.45) is 1.96. The van der Waals surface area contributed by atoms with Crippen LogP contribution in [0.5, 0.6) is 0 Å². The molecule has 2 unspecified atom stereocenters. The van der Waals surface area contributed by atoms with Crippen molar-refractivity contribution in [2.24, 2.45) is 5.92 Å². The minimum absolute atomic E-state index is 0.0936. The van der Waals surface area contributed by atoms with E-state index < -0.39 is 5.97 Å². The van der Waals surface area contributed by atoms with Crippen molar-refractivity contribution in [3.05, 3.63) is 29.6 Å². The first-order valence-electron chi connectivity index (χ1n) is 6.50. The van der Waals surface area contributed by atoms with E-state index in [4.69, 9.17) is 5.11 Å². The van der Waals surface area contributed by atoms with E-state index in [1.54, 1.807) is 17.0 Å². The normalized spacial score (nSPS) is 23.2. The summed E-state index contributed by atoms with van der Waals surface area (Å²) < 4.78 is 0. The standard InChI is InChI=1S/C14H18N2O3/c1-9-6-7-16(10(2)8-9)13(17)11-4-3-5-12(15-11)14(18)19/h3-5,9-10H,6-8H2,1-2H3,(H,18,19). The lowest BCUT2D eigenvalue weighted by Crippen LogP contribution is -2.44. The largest absolute Gasteiger partial charge is 0.477 e. The lowest BCUT2D eigenvalue weighted by Gasteiger charge is -2.36. The van der Waals surface area contributed by atoms with Crippen LogP contribution >= 0.6 is 0 Å². The van der Waals surface area contributed by atoms with Crippen molar-refractivity contribution in [2.75, 3.05) is 6.54 Å². The van der Waals surface area contributed by atoms with Crippen LogP contribution in [0.15, 0.2) is 18.2 Å². The smallest absolute Gasteiger partial charge is 0.354 e. The van der Waals surface area contributed by atoms with Gasteiger partial charge in [0.15, 0.2) is 0 Å². The molecule has 1 aromatic rings. The second-order valence-corrected chi connectivity index (χ2v) is 5.19. The molecule has 19 heavy (non-hydrogen) atoms. The Balaban J connectivity index is 2.19. The molecule has 1 aliphatic rings. The van der Waals surface area contributed by atoms with E-state index in [0.717, 1.165) is 12.8 Å². The van der Waals surface area contributed by atoms with Gasteiger partial charge < -0.3 is 10.0 Å². The molecule has 1 amide bonds. The van der Waals surface area contributed by atoms with Gasteiger partial charge in [-0.2, -0.15) is 0 Å². The third-order valence-corrected chi connectivity index (χ3v) is 3.59. The molecule has 2 heterocycles. The average molecular weight is 262 g/mol. The lowest BCUT2D eigenvalue weighted by atomic mass is 9.93. The van der Waals surface area contributed by atoms with Crippen LogP contribution in [-0.4, -0.2) is 39.5 Å². The minimum atomic E-state index is -1.12. The Labute approximate surface area is 112 Å². The van der Waals surface area contributed by atoms with Gasteiger partial charge in [0.1, 0.15) is 11.4 Å². The third kappa shape index (κ3) is 2.92. The Bertz CT molecular complexity index is 501. The number of rotatable bonds is 2. The first-order valence-corrected chi connectivity index (χ1v) is 6.50. The molecular formula is C14H18N2O3. The summed E-state index contributed by atoms with van der Waals surface area (Å²) in [5, 5.41) is 8.90. The zero-order valence-corrected chi connectivity index (χ0v) is 11.2. The first kappa shape index (κ1) is 13.5. The van der Waals surface area contributed by atoms with Gasteiger partial charge in [-0.1, -0.05) is 13.0 Å². The van der Waals surface area contributed by atoms with E-state index in [-0.39, 0.29) is 23.3 Å². The number of carboxylic acid groups (broad SMARTS) is 1. The molecule has 0 aliphatic carbocycles. The van der Waals surface area contributed by atoms with Gasteiger partial charge in [0.25, 0.3) is 5.91 Å². The number of pyridine rings is 1. The van der Waals surface area contributed by atoms with E-state index in [9.17, 15) is 9.59 Å². The van der Waals surface area contributed by atoms with Crippen molar-refractivity contribution in [3.63, 3.8) is 0 Å². The number of carboxylic acids is 1. The number of likely N-dealkylation sites (tertiary alicyclic amines) is 1. The number of carbonyl (C=O) groups excluding carboxylic acids is 1. The predicted molar refractivity (Wildman–Crippen MR) is 70.1 cm³/mol. The van der Waals surface area contributed by atoms with Crippen LogP contribution in [0.4, 0.5) is 0 Å². The summed E-state index contributed by atoms with van der Waals surface area (Å²) in [5.74, 6) is -0.671. The van der Waals surface area contributed by atoms with Crippen LogP contribution < -0.4 is 0 Å². The highest BCUT2D eigenvalue weighted by Crippen LogP contribution is 2.23. The Morgan fingerprint density at radius 1 is 1.32 bits per heavy atom. The Hall–Kier alpha value is -1.91. The Morgan fingerprint density at radius 3 is 2.63 bits per heavy atom. The Kier molecular flexibility index (Phi) is 3.83. The van der Waals surface area contributed by atoms with Crippen LogP contribution in [0.1, 0.15) is 47.7 Å². The van der Waals surface area contributed by atoms with Crippen molar-refractivity contribution in [3.8, 4) is 0 Å². The van der Waals surface area contributed by atoms with Crippen LogP contribution in [-0.2, 0) is 0 Å². The molecule has 102 valence electrons. The predicted octanol–water partition coefficient (Wildman–Crippen LogP) is 2.04. The van der Waals surface area contributed by atoms with Crippen LogP contribution in [0.2, 0.25) is 0 Å². The van der Waals surface area contributed by atoms with Gasteiger partial charge in [-0.05, 0) is 37.8 Å². The highest BCUT2D eigenvalue weighted by Gasteiger charge is 2.28. The molecule has 0 bridgehead atoms. The quantitative estimate of drug-likeness (QED) is 0.885. The van der Waals surface area contributed by atoms with E-state index in [1.807, 2.05) is 6.92 Å². The highest BCUT2D eigenvalue weighted by molar-refractivity contribution is 5.94. The molecule has 0 aromatic carbocycles. The fraction of sp³-hybridized carbons (Fsp3) is 0.500. The molecule has 2 atom stereocenters. The minimum Gasteiger partial charge on any atom is -0.477 e. The number of aromatic nitrogens is 1. The maximum atomic E-state index is 12.4. The van der Waals surface area contributed by atoms with Crippen LogP contribution in [0.3, 0.4) is 0 Å². The van der Waals surface area contributed by atoms with Gasteiger partial charge >= 0.3 is 5.97 Å². The first-order chi connectivity index (χ1) is 8.99. The number of hydrogen-bond acceptors (Lipinski definition) is 3. The maximum Gasteiger partial charge on any atom is 0.354 e. The topological polar surface area (TPSA) is 70.5 Å². The number of piperidine rings is 1. The lowest BCUT2D eigenvalue weighted by molar-refractivity contribution is 0.0582. The summed E-state index contributed by atoms with van der Waals surface area (Å²) in [7, 11) is 0. The second kappa shape index (κ2) is 5.38. The summed E-state index contributed by atoms with van der Waals surface area (Å²) in [5.41, 5.74) is 0.116. The van der Waals surface area contributed by atoms with Gasteiger partial charge in [0.2, 0.25) is 0 Å². The average Bonchev–Trinajstić information content (AvgIpc) is 2.38. The molecule has 1 saturated heterocycles. The van der Waals surface area contributed by atoms with Crippen molar-refractivity contribution in [1.82, 2.24) is 9.88 Å². The van der Waals surface area contributed by atoms with E-state index in [1.165, 1.54) is 6.07 Å². The van der Waals surface area contributed by atoms with E-state index >= 15 is 0 Å². The third-order valence-electron chi connectivity index (χ3n) is 3.59. The summed E-state index contributed by atoms with van der Waals surface area (Å²) in [4.78, 5) is 28.9. The van der Waals surface area contributed by atoms with Gasteiger partial charge in [-0.25, -0.2) is 9.78 Å². The fourth-order valence-corrected chi connectivity index (χ4v) is 2.53. The van der Waals surface area contributed by atoms with Crippen molar-refractivity contribution in [2.45, 2.75) is 32.7 Å². The molecule has 1 fully saturated rings. The van der Waals surface area contributed by atoms with Gasteiger partial charge in [-0.3, -0.25) is 4.79 Å². The van der Waals surface area contributed by atoms with Crippen molar-refractivity contribution in [1.29, 1.82) is 0 Å². The van der Waals surface area contributed by atoms with Crippen LogP contribution in [0, 0.1) is 5.92 Å². The summed E-state index contributed by atoms with van der Waals surface area (Å²) in [6, 6.07) is 4.69. The molecule has 1 aliphatic heterocycles. The van der Waals surface area contributed by atoms with Gasteiger partial charge in [-0.15, -0.1) is 0 Å². The molecule has 2 rings (SSSR count). The number of nitrogens with zero attached hydrogens (tertiary/aromatic N) is 2. The monoisotopic (exact) mass is 262 g/mol. The number of carbonyl (C=O) groups is 2. The zero-order chi connectivity index (χ0) is 14.0. The molecular weight excluding hydrogens is 244 g/mol. The van der Waals surface area contributed by atoms with Crippen LogP contribution in [0.25, 0.3) is 0 Å². The number of amides is 1. The second-order valence-electron chi connectivity index (χ2n) is 5.19. The summed E-state index contributed by atoms with van der Waals surface area (Å²) >= 11 is 0. The van der Waals surface area contributed by atoms with Crippen molar-refractivity contribution >= 4 is 11.9 Å². The molecule has 0 radical (unpaired) electrons. The Morgan fingerprint density at radius 2 is 2.00 bits per heavy atom. The van der Waals surface area contributed by atoms with Crippen molar-refractivity contribution < 1.29 is 14.7 Å². The number of aromatic carboxylic acids is 1. The summed E-state index contributed by atoms with van der Waals surface area (Å²) in [6.45, 7) is 4.91. The van der Waals surface area contributed by atoms with Gasteiger partial charge in [0, 0.05) is 12.6 Å². The fourth-order valence-electron chi connectivity index (χ4n) is 2.53. The van der Waals surface area contributed by atoms with E-state index in [0.29, 0.717) is 12.5 Å². The molecule has 5 nitrogen and oxygen atoms in total. The highest BCUT2D eigenvalue weighted by atomic mass is 16.4. The SMILES string of the molecule is CC1CCN(C(=O)c2cccc(C(=O)O)n2)C(C)C1. The molecule has 1 aromatic heterocycles. The molecule has 0 saturated carbocycles. The molecule has 1 N–H and O–H groups in total. The maximum absolute atomic E-state index is 12.4. The van der Waals surface area contributed by atoms with Gasteiger partial charge in [0.05, 0.1) is 0 Å². The molecule has 0 spiro atoms. The zero-order valence-electron chi connectivity index (χ0n) is 11.2. The molecule has 5 heteroatoms. The van der Waals surface area contributed by atoms with E-state index in [2.05, 4.69) is 11.9 Å².